The lowest BCUT2D eigenvalue weighted by Crippen LogP contribution is -2.48. The molecule has 0 bridgehead atoms. The summed E-state index contributed by atoms with van der Waals surface area (Å²) in [5.41, 5.74) is 8.17. The summed E-state index contributed by atoms with van der Waals surface area (Å²) in [5.74, 6) is 0.975. The van der Waals surface area contributed by atoms with Crippen molar-refractivity contribution < 1.29 is 0 Å². The molecule has 112 valence electrons. The second-order valence-corrected chi connectivity index (χ2v) is 6.19. The average molecular weight is 284 g/mol. The second kappa shape index (κ2) is 5.98. The third-order valence-electron chi connectivity index (χ3n) is 5.01. The molecule has 1 aliphatic rings. The Kier molecular flexibility index (Phi) is 4.06. The van der Waals surface area contributed by atoms with Gasteiger partial charge in [0.05, 0.1) is 0 Å². The van der Waals surface area contributed by atoms with Crippen LogP contribution in [-0.4, -0.2) is 20.8 Å². The van der Waals surface area contributed by atoms with E-state index in [1.165, 1.54) is 37.7 Å². The van der Waals surface area contributed by atoms with Crippen molar-refractivity contribution in [1.82, 2.24) is 14.8 Å². The molecule has 0 saturated heterocycles. The molecule has 0 radical (unpaired) electrons. The minimum atomic E-state index is 0.0862. The fourth-order valence-electron chi connectivity index (χ4n) is 3.72. The smallest absolute Gasteiger partial charge is 0.138 e. The van der Waals surface area contributed by atoms with Crippen molar-refractivity contribution in [3.63, 3.8) is 0 Å². The monoisotopic (exact) mass is 284 g/mol. The van der Waals surface area contributed by atoms with Crippen LogP contribution in [0.1, 0.15) is 43.5 Å². The Morgan fingerprint density at radius 3 is 2.52 bits per heavy atom. The van der Waals surface area contributed by atoms with Crippen LogP contribution in [0.15, 0.2) is 36.7 Å². The van der Waals surface area contributed by atoms with Crippen LogP contribution >= 0.6 is 0 Å². The van der Waals surface area contributed by atoms with Gasteiger partial charge in [-0.2, -0.15) is 5.10 Å². The van der Waals surface area contributed by atoms with Crippen molar-refractivity contribution in [2.75, 3.05) is 0 Å². The van der Waals surface area contributed by atoms with Crippen LogP contribution in [0.25, 0.3) is 0 Å². The molecular formula is C17H24N4. The van der Waals surface area contributed by atoms with Crippen LogP contribution in [0.2, 0.25) is 0 Å². The van der Waals surface area contributed by atoms with Gasteiger partial charge in [-0.05, 0) is 18.4 Å². The van der Waals surface area contributed by atoms with Gasteiger partial charge in [-0.15, -0.1) is 0 Å². The molecular weight excluding hydrogens is 260 g/mol. The summed E-state index contributed by atoms with van der Waals surface area (Å²) >= 11 is 0. The van der Waals surface area contributed by atoms with E-state index in [4.69, 9.17) is 5.73 Å². The van der Waals surface area contributed by atoms with E-state index in [1.54, 1.807) is 6.33 Å². The normalized spacial score (nSPS) is 19.3. The second-order valence-electron chi connectivity index (χ2n) is 6.19. The van der Waals surface area contributed by atoms with E-state index in [-0.39, 0.29) is 11.5 Å². The summed E-state index contributed by atoms with van der Waals surface area (Å²) in [5, 5.41) is 4.16. The van der Waals surface area contributed by atoms with Crippen LogP contribution in [0.3, 0.4) is 0 Å². The van der Waals surface area contributed by atoms with E-state index in [9.17, 15) is 0 Å². The third kappa shape index (κ3) is 2.72. The average Bonchev–Trinajstić information content (AvgIpc) is 2.94. The lowest BCUT2D eigenvalue weighted by Gasteiger charge is -2.42. The van der Waals surface area contributed by atoms with Crippen molar-refractivity contribution >= 4 is 0 Å². The molecule has 2 N–H and O–H groups in total. The van der Waals surface area contributed by atoms with Gasteiger partial charge in [0, 0.05) is 24.9 Å². The number of benzene rings is 1. The highest BCUT2D eigenvalue weighted by Crippen LogP contribution is 2.42. The first kappa shape index (κ1) is 14.3. The summed E-state index contributed by atoms with van der Waals surface area (Å²) in [4.78, 5) is 4.35. The number of aryl methyl sites for hydroxylation is 1. The van der Waals surface area contributed by atoms with Crippen molar-refractivity contribution in [3.05, 3.63) is 48.0 Å². The molecule has 4 nitrogen and oxygen atoms in total. The minimum Gasteiger partial charge on any atom is -0.326 e. The highest BCUT2D eigenvalue weighted by Gasteiger charge is 2.39. The highest BCUT2D eigenvalue weighted by molar-refractivity contribution is 5.29. The van der Waals surface area contributed by atoms with E-state index >= 15 is 0 Å². The molecule has 1 aliphatic carbocycles. The maximum atomic E-state index is 6.69. The number of hydrogen-bond acceptors (Lipinski definition) is 3. The van der Waals surface area contributed by atoms with E-state index in [2.05, 4.69) is 40.4 Å². The Morgan fingerprint density at radius 2 is 1.90 bits per heavy atom. The maximum Gasteiger partial charge on any atom is 0.138 e. The van der Waals surface area contributed by atoms with Gasteiger partial charge in [0.15, 0.2) is 0 Å². The highest BCUT2D eigenvalue weighted by atomic mass is 15.3. The van der Waals surface area contributed by atoms with Gasteiger partial charge in [-0.3, -0.25) is 4.68 Å². The molecule has 3 rings (SSSR count). The molecule has 0 amide bonds. The van der Waals surface area contributed by atoms with E-state index in [1.807, 2.05) is 11.7 Å². The Balaban J connectivity index is 1.90. The van der Waals surface area contributed by atoms with Crippen LogP contribution in [0.4, 0.5) is 0 Å². The van der Waals surface area contributed by atoms with Gasteiger partial charge in [-0.25, -0.2) is 4.98 Å². The zero-order valence-electron chi connectivity index (χ0n) is 12.7. The first-order chi connectivity index (χ1) is 10.2. The van der Waals surface area contributed by atoms with Crippen molar-refractivity contribution in [3.8, 4) is 0 Å². The summed E-state index contributed by atoms with van der Waals surface area (Å²) in [6, 6.07) is 10.9. The Bertz CT molecular complexity index is 569. The van der Waals surface area contributed by atoms with Crippen molar-refractivity contribution in [1.29, 1.82) is 0 Å². The molecule has 0 spiro atoms. The molecule has 1 unspecified atom stereocenters. The molecule has 0 aliphatic heterocycles. The van der Waals surface area contributed by atoms with Gasteiger partial charge < -0.3 is 5.73 Å². The minimum absolute atomic E-state index is 0.0862. The summed E-state index contributed by atoms with van der Waals surface area (Å²) in [6.45, 7) is 0. The fraction of sp³-hybridized carbons (Fsp3) is 0.529. The van der Waals surface area contributed by atoms with E-state index in [0.29, 0.717) is 0 Å². The van der Waals surface area contributed by atoms with E-state index in [0.717, 1.165) is 12.2 Å². The lowest BCUT2D eigenvalue weighted by atomic mass is 9.64. The summed E-state index contributed by atoms with van der Waals surface area (Å²) in [7, 11) is 1.94. The van der Waals surface area contributed by atoms with Gasteiger partial charge >= 0.3 is 0 Å². The molecule has 1 saturated carbocycles. The van der Waals surface area contributed by atoms with Crippen LogP contribution in [0.5, 0.6) is 0 Å². The first-order valence-electron chi connectivity index (χ1n) is 7.86. The Morgan fingerprint density at radius 1 is 1.19 bits per heavy atom. The molecule has 1 aromatic carbocycles. The first-order valence-corrected chi connectivity index (χ1v) is 7.86. The Hall–Kier alpha value is -1.68. The largest absolute Gasteiger partial charge is 0.326 e. The van der Waals surface area contributed by atoms with Crippen LogP contribution in [0, 0.1) is 0 Å². The molecule has 1 aromatic heterocycles. The third-order valence-corrected chi connectivity index (χ3v) is 5.01. The number of hydrogen-bond donors (Lipinski definition) is 1. The predicted octanol–water partition coefficient (Wildman–Crippen LogP) is 2.59. The standard InChI is InChI=1S/C17H24N4/c1-21-16(19-13-20-21)12-15(18)17(10-6-3-7-11-17)14-8-4-2-5-9-14/h2,4-5,8-9,13,15H,3,6-7,10-12,18H2,1H3. The van der Waals surface area contributed by atoms with E-state index < -0.39 is 0 Å². The fourth-order valence-corrected chi connectivity index (χ4v) is 3.72. The SMILES string of the molecule is Cn1ncnc1CC(N)C1(c2ccccc2)CCCCC1. The molecule has 21 heavy (non-hydrogen) atoms. The van der Waals surface area contributed by atoms with Crippen LogP contribution in [-0.2, 0) is 18.9 Å². The summed E-state index contributed by atoms with van der Waals surface area (Å²) in [6.07, 6.45) is 8.60. The van der Waals surface area contributed by atoms with Gasteiger partial charge in [0.25, 0.3) is 0 Å². The van der Waals surface area contributed by atoms with Crippen molar-refractivity contribution in [2.45, 2.75) is 50.0 Å². The molecule has 2 aromatic rings. The maximum absolute atomic E-state index is 6.69. The lowest BCUT2D eigenvalue weighted by molar-refractivity contribution is 0.238. The number of aromatic nitrogens is 3. The quantitative estimate of drug-likeness (QED) is 0.939. The molecule has 1 fully saturated rings. The van der Waals surface area contributed by atoms with Gasteiger partial charge in [-0.1, -0.05) is 49.6 Å². The Labute approximate surface area is 126 Å². The zero-order chi connectivity index (χ0) is 14.7. The topological polar surface area (TPSA) is 56.7 Å². The number of rotatable bonds is 4. The summed E-state index contributed by atoms with van der Waals surface area (Å²) < 4.78 is 1.83. The van der Waals surface area contributed by atoms with Crippen LogP contribution < -0.4 is 5.73 Å². The van der Waals surface area contributed by atoms with Gasteiger partial charge in [0.1, 0.15) is 12.2 Å². The van der Waals surface area contributed by atoms with Gasteiger partial charge in [0.2, 0.25) is 0 Å². The van der Waals surface area contributed by atoms with Crippen molar-refractivity contribution in [2.24, 2.45) is 12.8 Å². The molecule has 1 heterocycles. The number of nitrogens with two attached hydrogens (primary N) is 1. The number of nitrogens with zero attached hydrogens (tertiary/aromatic N) is 3. The molecule has 1 atom stereocenters. The zero-order valence-corrected chi connectivity index (χ0v) is 12.7. The predicted molar refractivity (Wildman–Crippen MR) is 83.9 cm³/mol. The molecule has 4 heteroatoms.